The van der Waals surface area contributed by atoms with Gasteiger partial charge >= 0.3 is 5.97 Å². The highest BCUT2D eigenvalue weighted by molar-refractivity contribution is 9.10. The SMILES string of the molecule is COc1ccc(C(=O)COC(=O)c2cc(-c3ccc(N4C(=O)C5C6C=CC(C6)C5C4=O)cc3)nc3c(C)c(Cl)c(Br)cc23)cc1. The van der Waals surface area contributed by atoms with E-state index in [1.807, 2.05) is 0 Å². The fourth-order valence-electron chi connectivity index (χ4n) is 6.78. The number of anilines is 1. The zero-order valence-electron chi connectivity index (χ0n) is 24.3. The first-order valence-corrected chi connectivity index (χ1v) is 15.6. The number of allylic oxidation sites excluding steroid dienone is 2. The Morgan fingerprint density at radius 3 is 2.24 bits per heavy atom. The quantitative estimate of drug-likeness (QED) is 0.0895. The second kappa shape index (κ2) is 11.2. The number of Topliss-reactive ketones (excluding diaryl/α,β-unsaturated/α-hetero) is 1. The number of ether oxygens (including phenoxy) is 2. The van der Waals surface area contributed by atoms with Crippen LogP contribution in [0.2, 0.25) is 5.02 Å². The van der Waals surface area contributed by atoms with Crippen LogP contribution in [0.15, 0.2) is 77.3 Å². The first kappa shape index (κ1) is 29.4. The first-order chi connectivity index (χ1) is 21.7. The van der Waals surface area contributed by atoms with Gasteiger partial charge in [0.25, 0.3) is 0 Å². The van der Waals surface area contributed by atoms with Gasteiger partial charge in [-0.3, -0.25) is 19.3 Å². The number of hydrogen-bond donors (Lipinski definition) is 0. The number of amides is 2. The van der Waals surface area contributed by atoms with Crippen molar-refractivity contribution in [1.82, 2.24) is 4.98 Å². The molecule has 2 heterocycles. The molecule has 0 spiro atoms. The maximum atomic E-state index is 13.5. The van der Waals surface area contributed by atoms with Gasteiger partial charge in [-0.2, -0.15) is 0 Å². The number of carbonyl (C=O) groups is 4. The number of esters is 1. The van der Waals surface area contributed by atoms with Crippen molar-refractivity contribution in [2.45, 2.75) is 13.3 Å². The van der Waals surface area contributed by atoms with Gasteiger partial charge in [0.05, 0.1) is 46.4 Å². The standard InChI is InChI=1S/C35H26BrClN2O6/c1-17-31(37)26(36)14-24-25(35(43)45-16-28(40)19-7-11-23(44-2)12-8-19)15-27(38-32(17)24)18-5-9-22(10-6-18)39-33(41)29-20-3-4-21(13-20)30(29)34(39)42/h3-12,14-15,20-21,29-30H,13,16H2,1-2H3. The van der Waals surface area contributed by atoms with Crippen molar-refractivity contribution in [3.05, 3.63) is 99.0 Å². The molecule has 2 amide bonds. The minimum Gasteiger partial charge on any atom is -0.497 e. The lowest BCUT2D eigenvalue weighted by atomic mass is 9.85. The van der Waals surface area contributed by atoms with Crippen LogP contribution in [0.25, 0.3) is 22.2 Å². The van der Waals surface area contributed by atoms with Gasteiger partial charge < -0.3 is 9.47 Å². The molecular formula is C35H26BrClN2O6. The van der Waals surface area contributed by atoms with Gasteiger partial charge in [-0.05, 0) is 95.2 Å². The predicted octanol–water partition coefficient (Wildman–Crippen LogP) is 6.99. The zero-order chi connectivity index (χ0) is 31.6. The minimum absolute atomic E-state index is 0.127. The summed E-state index contributed by atoms with van der Waals surface area (Å²) in [5.74, 6) is -1.06. The van der Waals surface area contributed by atoms with Gasteiger partial charge in [0.15, 0.2) is 12.4 Å². The number of methoxy groups -OCH3 is 1. The highest BCUT2D eigenvalue weighted by atomic mass is 79.9. The first-order valence-electron chi connectivity index (χ1n) is 14.5. The lowest BCUT2D eigenvalue weighted by Crippen LogP contribution is -2.32. The van der Waals surface area contributed by atoms with E-state index in [0.717, 1.165) is 6.42 Å². The Balaban J connectivity index is 1.19. The second-order valence-corrected chi connectivity index (χ2v) is 12.8. The van der Waals surface area contributed by atoms with Crippen molar-refractivity contribution in [3.8, 4) is 17.0 Å². The summed E-state index contributed by atoms with van der Waals surface area (Å²) in [6, 6.07) is 16.8. The van der Waals surface area contributed by atoms with Crippen molar-refractivity contribution in [2.75, 3.05) is 18.6 Å². The van der Waals surface area contributed by atoms with E-state index in [1.54, 1.807) is 67.6 Å². The van der Waals surface area contributed by atoms with Gasteiger partial charge in [0.1, 0.15) is 5.75 Å². The van der Waals surface area contributed by atoms with Gasteiger partial charge in [-0.1, -0.05) is 35.9 Å². The van der Waals surface area contributed by atoms with E-state index in [4.69, 9.17) is 26.1 Å². The van der Waals surface area contributed by atoms with Crippen LogP contribution in [0, 0.1) is 30.6 Å². The number of fused-ring (bicyclic) bond motifs is 6. The molecule has 4 aromatic rings. The Labute approximate surface area is 272 Å². The van der Waals surface area contributed by atoms with Crippen LogP contribution in [-0.4, -0.2) is 42.3 Å². The fourth-order valence-corrected chi connectivity index (χ4v) is 7.45. The normalized spacial score (nSPS) is 21.5. The van der Waals surface area contributed by atoms with E-state index in [9.17, 15) is 19.2 Å². The predicted molar refractivity (Wildman–Crippen MR) is 172 cm³/mol. The van der Waals surface area contributed by atoms with Crippen LogP contribution in [0.1, 0.15) is 32.7 Å². The van der Waals surface area contributed by atoms with Crippen molar-refractivity contribution in [3.63, 3.8) is 0 Å². The molecule has 10 heteroatoms. The Hall–Kier alpha value is -4.34. The number of hydrogen-bond acceptors (Lipinski definition) is 7. The Bertz CT molecular complexity index is 1930. The molecule has 4 atom stereocenters. The summed E-state index contributed by atoms with van der Waals surface area (Å²) >= 11 is 9.99. The third kappa shape index (κ3) is 4.85. The van der Waals surface area contributed by atoms with Gasteiger partial charge in [0, 0.05) is 21.0 Å². The molecule has 226 valence electrons. The topological polar surface area (TPSA) is 103 Å². The van der Waals surface area contributed by atoms with Crippen molar-refractivity contribution < 1.29 is 28.7 Å². The summed E-state index contributed by atoms with van der Waals surface area (Å²) in [6.45, 7) is 1.35. The van der Waals surface area contributed by atoms with Crippen LogP contribution in [0.5, 0.6) is 5.75 Å². The van der Waals surface area contributed by atoms with Crippen LogP contribution in [-0.2, 0) is 14.3 Å². The molecule has 2 bridgehead atoms. The van der Waals surface area contributed by atoms with Crippen LogP contribution in [0.3, 0.4) is 0 Å². The molecule has 1 saturated carbocycles. The maximum absolute atomic E-state index is 13.5. The summed E-state index contributed by atoms with van der Waals surface area (Å²) in [6.07, 6.45) is 5.01. The monoisotopic (exact) mass is 684 g/mol. The summed E-state index contributed by atoms with van der Waals surface area (Å²) in [5, 5.41) is 0.964. The molecule has 3 aromatic carbocycles. The number of ketones is 1. The Kier molecular flexibility index (Phi) is 7.33. The number of aromatic nitrogens is 1. The molecule has 0 N–H and O–H groups in total. The molecule has 3 aliphatic rings. The third-order valence-electron chi connectivity index (χ3n) is 9.08. The van der Waals surface area contributed by atoms with Gasteiger partial charge in [-0.15, -0.1) is 0 Å². The number of pyridine rings is 1. The molecule has 1 saturated heterocycles. The molecule has 45 heavy (non-hydrogen) atoms. The highest BCUT2D eigenvalue weighted by Gasteiger charge is 2.59. The van der Waals surface area contributed by atoms with E-state index in [2.05, 4.69) is 28.1 Å². The lowest BCUT2D eigenvalue weighted by molar-refractivity contribution is -0.123. The van der Waals surface area contributed by atoms with Crippen LogP contribution < -0.4 is 9.64 Å². The van der Waals surface area contributed by atoms with Gasteiger partial charge in [-0.25, -0.2) is 9.78 Å². The smallest absolute Gasteiger partial charge is 0.339 e. The molecular weight excluding hydrogens is 660 g/mol. The number of halogens is 2. The lowest BCUT2D eigenvalue weighted by Gasteiger charge is -2.18. The highest BCUT2D eigenvalue weighted by Crippen LogP contribution is 2.53. The minimum atomic E-state index is -0.696. The third-order valence-corrected chi connectivity index (χ3v) is 10.4. The largest absolute Gasteiger partial charge is 0.497 e. The van der Waals surface area contributed by atoms with E-state index >= 15 is 0 Å². The van der Waals surface area contributed by atoms with Crippen molar-refractivity contribution >= 4 is 67.7 Å². The summed E-state index contributed by atoms with van der Waals surface area (Å²) in [7, 11) is 1.54. The number of benzene rings is 3. The summed E-state index contributed by atoms with van der Waals surface area (Å²) < 4.78 is 11.2. The van der Waals surface area contributed by atoms with E-state index in [0.29, 0.717) is 54.2 Å². The average Bonchev–Trinajstić information content (AvgIpc) is 3.75. The fraction of sp³-hybridized carbons (Fsp3) is 0.229. The number of rotatable bonds is 7. The van der Waals surface area contributed by atoms with E-state index in [-0.39, 0.29) is 46.8 Å². The van der Waals surface area contributed by atoms with E-state index < -0.39 is 12.6 Å². The maximum Gasteiger partial charge on any atom is 0.339 e. The number of nitrogens with zero attached hydrogens (tertiary/aromatic N) is 2. The van der Waals surface area contributed by atoms with Crippen molar-refractivity contribution in [2.24, 2.45) is 23.7 Å². The summed E-state index contributed by atoms with van der Waals surface area (Å²) in [5.41, 5.74) is 3.37. The molecule has 7 rings (SSSR count). The zero-order valence-corrected chi connectivity index (χ0v) is 26.6. The molecule has 8 nitrogen and oxygen atoms in total. The number of imide groups is 1. The molecule has 4 unspecified atom stereocenters. The summed E-state index contributed by atoms with van der Waals surface area (Å²) in [4.78, 5) is 59.0. The number of aryl methyl sites for hydroxylation is 1. The van der Waals surface area contributed by atoms with Crippen LogP contribution in [0.4, 0.5) is 5.69 Å². The molecule has 1 aromatic heterocycles. The molecule has 1 aliphatic heterocycles. The Morgan fingerprint density at radius 1 is 0.978 bits per heavy atom. The van der Waals surface area contributed by atoms with E-state index in [1.165, 1.54) is 12.0 Å². The average molecular weight is 686 g/mol. The number of carbonyl (C=O) groups excluding carboxylic acids is 4. The second-order valence-electron chi connectivity index (χ2n) is 11.5. The van der Waals surface area contributed by atoms with Gasteiger partial charge in [0.2, 0.25) is 11.8 Å². The Morgan fingerprint density at radius 2 is 1.62 bits per heavy atom. The van der Waals surface area contributed by atoms with Crippen molar-refractivity contribution in [1.29, 1.82) is 0 Å². The molecule has 0 radical (unpaired) electrons. The van der Waals surface area contributed by atoms with Crippen LogP contribution >= 0.6 is 27.5 Å². The molecule has 2 aliphatic carbocycles. The molecule has 2 fully saturated rings.